The molecule has 0 aromatic heterocycles. The zero-order valence-electron chi connectivity index (χ0n) is 4.98. The van der Waals surface area contributed by atoms with Gasteiger partial charge in [0, 0.05) is 0 Å². The summed E-state index contributed by atoms with van der Waals surface area (Å²) in [6.07, 6.45) is 0. The fraction of sp³-hybridized carbons (Fsp3) is 0. The third kappa shape index (κ3) is 2.06. The normalized spacial score (nSPS) is 9.20. The van der Waals surface area contributed by atoms with Crippen molar-refractivity contribution in [2.75, 3.05) is 0 Å². The van der Waals surface area contributed by atoms with Gasteiger partial charge in [-0.2, -0.15) is 0 Å². The molecule has 4 heteroatoms. The van der Waals surface area contributed by atoms with Crippen molar-refractivity contribution >= 4 is 11.9 Å². The van der Waals surface area contributed by atoms with Crippen molar-refractivity contribution in [3.05, 3.63) is 40.4 Å². The summed E-state index contributed by atoms with van der Waals surface area (Å²) in [6, 6.07) is 9.40. The van der Waals surface area contributed by atoms with Gasteiger partial charge >= 0.3 is 0 Å². The zero-order valence-corrected chi connectivity index (χ0v) is 5.80. The lowest BCUT2D eigenvalue weighted by atomic mass is 10.4. The molecule has 0 aliphatic rings. The van der Waals surface area contributed by atoms with Gasteiger partial charge in [-0.1, -0.05) is 12.1 Å². The van der Waals surface area contributed by atoms with E-state index in [-0.39, 0.29) is 0 Å². The fourth-order valence-corrected chi connectivity index (χ4v) is 0.952. The van der Waals surface area contributed by atoms with Crippen LogP contribution in [-0.2, 0) is 0 Å². The van der Waals surface area contributed by atoms with Gasteiger partial charge in [0.25, 0.3) is 11.9 Å². The minimum Gasteiger partial charge on any atom is -0.250 e. The highest BCUT2D eigenvalue weighted by molar-refractivity contribution is 7.93. The molecule has 51 valence electrons. The first-order valence-electron chi connectivity index (χ1n) is 2.57. The molecule has 0 atom stereocenters. The molecule has 3 nitrogen and oxygen atoms in total. The topological polar surface area (TPSA) is 43.1 Å². The van der Waals surface area contributed by atoms with Crippen LogP contribution in [0.1, 0.15) is 0 Å². The maximum Gasteiger partial charge on any atom is 0.265 e. The second kappa shape index (κ2) is 3.22. The monoisotopic (exact) mass is 154 g/mol. The molecular weight excluding hydrogens is 150 g/mol. The van der Waals surface area contributed by atoms with Gasteiger partial charge in [0.05, 0.1) is 4.90 Å². The van der Waals surface area contributed by atoms with Crippen LogP contribution in [-0.4, -0.2) is 4.33 Å². The Bertz CT molecular complexity index is 224. The molecule has 1 radical (unpaired) electrons. The second-order valence-corrected chi connectivity index (χ2v) is 2.51. The molecule has 1 rings (SSSR count). The summed E-state index contributed by atoms with van der Waals surface area (Å²) >= 11 is 0.589. The molecule has 0 heterocycles. The minimum absolute atomic E-state index is 0.441. The van der Waals surface area contributed by atoms with E-state index in [9.17, 15) is 10.1 Å². The Morgan fingerprint density at radius 1 is 1.70 bits per heavy atom. The summed E-state index contributed by atoms with van der Waals surface area (Å²) < 4.78 is -0.441. The summed E-state index contributed by atoms with van der Waals surface area (Å²) in [5.74, 6) is 0. The molecule has 1 aromatic carbocycles. The first-order valence-corrected chi connectivity index (χ1v) is 3.35. The molecule has 0 N–H and O–H groups in total. The van der Waals surface area contributed by atoms with E-state index in [0.29, 0.717) is 16.8 Å². The first-order chi connectivity index (χ1) is 4.79. The molecule has 0 saturated carbocycles. The maximum atomic E-state index is 9.92. The summed E-state index contributed by atoms with van der Waals surface area (Å²) in [5.41, 5.74) is 0. The van der Waals surface area contributed by atoms with Crippen LogP contribution < -0.4 is 0 Å². The number of rotatable bonds is 2. The van der Waals surface area contributed by atoms with Crippen LogP contribution in [0.15, 0.2) is 29.2 Å². The van der Waals surface area contributed by atoms with Crippen molar-refractivity contribution in [3.63, 3.8) is 0 Å². The molecule has 0 aliphatic carbocycles. The number of hydrogen-bond acceptors (Lipinski definition) is 3. The molecule has 0 fully saturated rings. The summed E-state index contributed by atoms with van der Waals surface area (Å²) in [7, 11) is 0. The van der Waals surface area contributed by atoms with Crippen molar-refractivity contribution < 1.29 is 4.33 Å². The molecule has 10 heavy (non-hydrogen) atoms. The standard InChI is InChI=1S/C6H4NO2S/c8-7(9)10-6-4-2-1-3-5-6/h1-2,4-5H. The molecule has 0 aliphatic heterocycles. The summed E-state index contributed by atoms with van der Waals surface area (Å²) in [4.78, 5) is 10.5. The predicted molar refractivity (Wildman–Crippen MR) is 38.1 cm³/mol. The van der Waals surface area contributed by atoms with Gasteiger partial charge < -0.3 is 0 Å². The van der Waals surface area contributed by atoms with Crippen LogP contribution in [0, 0.1) is 16.2 Å². The smallest absolute Gasteiger partial charge is 0.250 e. The van der Waals surface area contributed by atoms with Crippen molar-refractivity contribution in [3.8, 4) is 0 Å². The van der Waals surface area contributed by atoms with Crippen molar-refractivity contribution in [2.24, 2.45) is 0 Å². The lowest BCUT2D eigenvalue weighted by Gasteiger charge is -1.86. The first kappa shape index (κ1) is 7.08. The highest BCUT2D eigenvalue weighted by atomic mass is 32.2. The van der Waals surface area contributed by atoms with Crippen molar-refractivity contribution in [2.45, 2.75) is 4.90 Å². The highest BCUT2D eigenvalue weighted by Gasteiger charge is 2.01. The van der Waals surface area contributed by atoms with E-state index in [1.54, 1.807) is 24.3 Å². The Morgan fingerprint density at radius 3 is 3.00 bits per heavy atom. The van der Waals surface area contributed by atoms with Crippen LogP contribution in [0.2, 0.25) is 0 Å². The van der Waals surface area contributed by atoms with Gasteiger partial charge in [0.1, 0.15) is 4.33 Å². The van der Waals surface area contributed by atoms with Crippen LogP contribution in [0.5, 0.6) is 0 Å². The average molecular weight is 154 g/mol. The van der Waals surface area contributed by atoms with Gasteiger partial charge in [-0.05, 0) is 18.2 Å². The van der Waals surface area contributed by atoms with E-state index < -0.39 is 4.33 Å². The van der Waals surface area contributed by atoms with E-state index in [1.807, 2.05) is 0 Å². The van der Waals surface area contributed by atoms with Gasteiger partial charge in [-0.25, -0.2) is 0 Å². The molecule has 1 aromatic rings. The van der Waals surface area contributed by atoms with E-state index in [1.165, 1.54) is 0 Å². The Balaban J connectivity index is 2.67. The quantitative estimate of drug-likeness (QED) is 0.370. The number of nitro groups is 1. The third-order valence-electron chi connectivity index (χ3n) is 0.858. The Hall–Kier alpha value is -1.03. The van der Waals surface area contributed by atoms with E-state index in [0.717, 1.165) is 0 Å². The number of benzene rings is 1. The van der Waals surface area contributed by atoms with Gasteiger partial charge in [-0.3, -0.25) is 10.1 Å². The molecule has 0 amide bonds. The lowest BCUT2D eigenvalue weighted by Crippen LogP contribution is -1.81. The average Bonchev–Trinajstić information content (AvgIpc) is 1.88. The van der Waals surface area contributed by atoms with Crippen LogP contribution >= 0.6 is 11.9 Å². The predicted octanol–water partition coefficient (Wildman–Crippen LogP) is 1.77. The zero-order chi connectivity index (χ0) is 7.40. The Kier molecular flexibility index (Phi) is 2.28. The van der Waals surface area contributed by atoms with Gasteiger partial charge in [0.2, 0.25) is 0 Å². The van der Waals surface area contributed by atoms with E-state index >= 15 is 0 Å². The maximum absolute atomic E-state index is 9.92. The number of hydrogen-bond donors (Lipinski definition) is 0. The van der Waals surface area contributed by atoms with Gasteiger partial charge in [-0.15, -0.1) is 0 Å². The Morgan fingerprint density at radius 2 is 2.50 bits per heavy atom. The number of nitrogens with zero attached hydrogens (tertiary/aromatic N) is 1. The fourth-order valence-electron chi connectivity index (χ4n) is 0.520. The lowest BCUT2D eigenvalue weighted by molar-refractivity contribution is -0.284. The van der Waals surface area contributed by atoms with Gasteiger partial charge in [0.15, 0.2) is 0 Å². The Labute approximate surface area is 62.3 Å². The molecule has 0 unspecified atom stereocenters. The van der Waals surface area contributed by atoms with E-state index in [2.05, 4.69) is 6.07 Å². The van der Waals surface area contributed by atoms with Crippen LogP contribution in [0.3, 0.4) is 0 Å². The SMILES string of the molecule is O=[N+]([O-])Sc1c[c]ccc1. The third-order valence-corrected chi connectivity index (χ3v) is 1.47. The van der Waals surface area contributed by atoms with Crippen molar-refractivity contribution in [1.82, 2.24) is 0 Å². The minimum atomic E-state index is -0.441. The van der Waals surface area contributed by atoms with Crippen molar-refractivity contribution in [1.29, 1.82) is 0 Å². The molecular formula is C6H4NO2S. The molecule has 0 spiro atoms. The summed E-state index contributed by atoms with van der Waals surface area (Å²) in [6.45, 7) is 0. The largest absolute Gasteiger partial charge is 0.265 e. The van der Waals surface area contributed by atoms with E-state index in [4.69, 9.17) is 0 Å². The van der Waals surface area contributed by atoms with Crippen LogP contribution in [0.4, 0.5) is 0 Å². The highest BCUT2D eigenvalue weighted by Crippen LogP contribution is 2.15. The van der Waals surface area contributed by atoms with Crippen LogP contribution in [0.25, 0.3) is 0 Å². The molecule has 0 bridgehead atoms. The summed E-state index contributed by atoms with van der Waals surface area (Å²) in [5, 5.41) is 9.92. The second-order valence-electron chi connectivity index (χ2n) is 1.55. The molecule has 0 saturated heterocycles.